The molecule has 100 valence electrons. The van der Waals surface area contributed by atoms with Crippen molar-refractivity contribution in [3.63, 3.8) is 0 Å². The van der Waals surface area contributed by atoms with Crippen LogP contribution in [0.1, 0.15) is 0 Å². The highest BCUT2D eigenvalue weighted by Gasteiger charge is 2.32. The third kappa shape index (κ3) is 4.19. The van der Waals surface area contributed by atoms with E-state index in [-0.39, 0.29) is 0 Å². The molecule has 0 bridgehead atoms. The lowest BCUT2D eigenvalue weighted by atomic mass is 10.3. The zero-order valence-corrected chi connectivity index (χ0v) is 9.95. The summed E-state index contributed by atoms with van der Waals surface area (Å²) in [6.07, 6.45) is -4.10. The Morgan fingerprint density at radius 3 is 2.17 bits per heavy atom. The number of nitrogens with zero attached hydrogens (tertiary/aromatic N) is 2. The first-order chi connectivity index (χ1) is 8.53. The zero-order valence-electron chi connectivity index (χ0n) is 9.95. The second kappa shape index (κ2) is 5.58. The Kier molecular flexibility index (Phi) is 4.08. The fourth-order valence-electron chi connectivity index (χ4n) is 1.97. The minimum absolute atomic E-state index is 0.430. The molecule has 1 aromatic rings. The molecule has 0 amide bonds. The number of benzene rings is 1. The summed E-state index contributed by atoms with van der Waals surface area (Å²) in [7, 11) is 0. The van der Waals surface area contributed by atoms with Crippen LogP contribution < -0.4 is 5.43 Å². The van der Waals surface area contributed by atoms with Gasteiger partial charge in [-0.15, -0.1) is 0 Å². The number of para-hydroxylation sites is 1. The van der Waals surface area contributed by atoms with Crippen molar-refractivity contribution in [2.45, 2.75) is 6.18 Å². The number of piperazine rings is 1. The van der Waals surface area contributed by atoms with Gasteiger partial charge in [0, 0.05) is 31.9 Å². The van der Waals surface area contributed by atoms with Crippen LogP contribution >= 0.6 is 0 Å². The molecule has 0 saturated carbocycles. The molecule has 0 spiro atoms. The van der Waals surface area contributed by atoms with E-state index < -0.39 is 12.7 Å². The van der Waals surface area contributed by atoms with E-state index in [4.69, 9.17) is 0 Å². The lowest BCUT2D eigenvalue weighted by Crippen LogP contribution is -2.50. The Morgan fingerprint density at radius 2 is 1.61 bits per heavy atom. The van der Waals surface area contributed by atoms with Crippen LogP contribution in [0.15, 0.2) is 30.3 Å². The van der Waals surface area contributed by atoms with Crippen molar-refractivity contribution in [2.24, 2.45) is 0 Å². The molecule has 1 N–H and O–H groups in total. The normalized spacial score (nSPS) is 18.8. The van der Waals surface area contributed by atoms with Crippen LogP contribution in [0.2, 0.25) is 0 Å². The van der Waals surface area contributed by atoms with Gasteiger partial charge in [-0.05, 0) is 12.1 Å². The molecule has 1 heterocycles. The zero-order chi connectivity index (χ0) is 13.0. The van der Waals surface area contributed by atoms with Crippen LogP contribution in [0.5, 0.6) is 0 Å². The summed E-state index contributed by atoms with van der Waals surface area (Å²) in [4.78, 5) is 1.43. The first kappa shape index (κ1) is 13.2. The van der Waals surface area contributed by atoms with Gasteiger partial charge in [0.1, 0.15) is 0 Å². The van der Waals surface area contributed by atoms with Crippen molar-refractivity contribution < 1.29 is 13.2 Å². The Morgan fingerprint density at radius 1 is 1.00 bits per heavy atom. The molecular weight excluding hydrogens is 243 g/mol. The molecule has 1 fully saturated rings. The number of rotatable bonds is 3. The SMILES string of the molecule is FC(F)(F)CN1CCN(Nc2ccccc2)CC1. The third-order valence-corrected chi connectivity index (χ3v) is 2.84. The molecule has 0 aliphatic carbocycles. The summed E-state index contributed by atoms with van der Waals surface area (Å²) in [6.45, 7) is 1.22. The van der Waals surface area contributed by atoms with Gasteiger partial charge in [0.2, 0.25) is 0 Å². The van der Waals surface area contributed by atoms with Gasteiger partial charge in [0.05, 0.1) is 6.54 Å². The van der Waals surface area contributed by atoms with Gasteiger partial charge in [-0.2, -0.15) is 13.2 Å². The second-order valence-corrected chi connectivity index (χ2v) is 4.36. The standard InChI is InChI=1S/C12H16F3N3/c13-12(14,15)10-17-6-8-18(9-7-17)16-11-4-2-1-3-5-11/h1-5,16H,6-10H2. The van der Waals surface area contributed by atoms with E-state index in [0.29, 0.717) is 26.2 Å². The van der Waals surface area contributed by atoms with Crippen LogP contribution in [-0.4, -0.2) is 48.8 Å². The number of hydrogen-bond acceptors (Lipinski definition) is 3. The maximum Gasteiger partial charge on any atom is 0.401 e. The minimum atomic E-state index is -4.10. The number of halogens is 3. The monoisotopic (exact) mass is 259 g/mol. The van der Waals surface area contributed by atoms with Crippen molar-refractivity contribution in [1.82, 2.24) is 9.91 Å². The molecule has 0 atom stereocenters. The van der Waals surface area contributed by atoms with Crippen LogP contribution in [0, 0.1) is 0 Å². The molecule has 1 saturated heterocycles. The molecule has 1 aliphatic heterocycles. The maximum absolute atomic E-state index is 12.2. The number of anilines is 1. The van der Waals surface area contributed by atoms with Crippen LogP contribution in [0.3, 0.4) is 0 Å². The van der Waals surface area contributed by atoms with Crippen molar-refractivity contribution >= 4 is 5.69 Å². The van der Waals surface area contributed by atoms with E-state index in [0.717, 1.165) is 5.69 Å². The highest BCUT2D eigenvalue weighted by atomic mass is 19.4. The summed E-state index contributed by atoms with van der Waals surface area (Å²) in [5.74, 6) is 0. The first-order valence-electron chi connectivity index (χ1n) is 5.89. The topological polar surface area (TPSA) is 18.5 Å². The summed E-state index contributed by atoms with van der Waals surface area (Å²) < 4.78 is 36.6. The van der Waals surface area contributed by atoms with Gasteiger partial charge in [0.25, 0.3) is 0 Å². The number of hydrazine groups is 1. The van der Waals surface area contributed by atoms with E-state index in [1.165, 1.54) is 4.90 Å². The predicted octanol–water partition coefficient (Wildman–Crippen LogP) is 2.19. The molecule has 2 rings (SSSR count). The van der Waals surface area contributed by atoms with E-state index in [2.05, 4.69) is 5.43 Å². The molecule has 0 aromatic heterocycles. The number of nitrogens with one attached hydrogen (secondary N) is 1. The molecule has 0 unspecified atom stereocenters. The van der Waals surface area contributed by atoms with Gasteiger partial charge < -0.3 is 5.43 Å². The number of hydrogen-bond donors (Lipinski definition) is 1. The van der Waals surface area contributed by atoms with Gasteiger partial charge in [-0.1, -0.05) is 18.2 Å². The van der Waals surface area contributed by atoms with Crippen LogP contribution in [-0.2, 0) is 0 Å². The van der Waals surface area contributed by atoms with E-state index >= 15 is 0 Å². The van der Waals surface area contributed by atoms with E-state index in [1.807, 2.05) is 35.3 Å². The lowest BCUT2D eigenvalue weighted by Gasteiger charge is -2.35. The van der Waals surface area contributed by atoms with Crippen molar-refractivity contribution in [3.05, 3.63) is 30.3 Å². The molecule has 18 heavy (non-hydrogen) atoms. The fourth-order valence-corrected chi connectivity index (χ4v) is 1.97. The smallest absolute Gasteiger partial charge is 0.319 e. The summed E-state index contributed by atoms with van der Waals surface area (Å²) in [6, 6.07) is 9.63. The average molecular weight is 259 g/mol. The lowest BCUT2D eigenvalue weighted by molar-refractivity contribution is -0.148. The minimum Gasteiger partial charge on any atom is -0.319 e. The van der Waals surface area contributed by atoms with Crippen molar-refractivity contribution in [2.75, 3.05) is 38.1 Å². The Balaban J connectivity index is 1.77. The molecule has 3 nitrogen and oxygen atoms in total. The quantitative estimate of drug-likeness (QED) is 0.897. The highest BCUT2D eigenvalue weighted by Crippen LogP contribution is 2.17. The Bertz CT molecular complexity index is 359. The summed E-state index contributed by atoms with van der Waals surface area (Å²) in [5, 5.41) is 1.95. The Labute approximate surface area is 104 Å². The Hall–Kier alpha value is -1.27. The third-order valence-electron chi connectivity index (χ3n) is 2.84. The van der Waals surface area contributed by atoms with Gasteiger partial charge in [-0.3, -0.25) is 4.90 Å². The highest BCUT2D eigenvalue weighted by molar-refractivity contribution is 5.41. The molecule has 6 heteroatoms. The van der Waals surface area contributed by atoms with E-state index in [1.54, 1.807) is 0 Å². The number of alkyl halides is 3. The van der Waals surface area contributed by atoms with Crippen LogP contribution in [0.4, 0.5) is 18.9 Å². The van der Waals surface area contributed by atoms with E-state index in [9.17, 15) is 13.2 Å². The molecular formula is C12H16F3N3. The molecule has 1 aromatic carbocycles. The summed E-state index contributed by atoms with van der Waals surface area (Å²) >= 11 is 0. The van der Waals surface area contributed by atoms with Gasteiger partial charge in [-0.25, -0.2) is 5.01 Å². The molecule has 1 aliphatic rings. The van der Waals surface area contributed by atoms with Gasteiger partial charge >= 0.3 is 6.18 Å². The van der Waals surface area contributed by atoms with Crippen molar-refractivity contribution in [3.8, 4) is 0 Å². The average Bonchev–Trinajstić information content (AvgIpc) is 2.31. The molecule has 0 radical (unpaired) electrons. The first-order valence-corrected chi connectivity index (χ1v) is 5.89. The second-order valence-electron chi connectivity index (χ2n) is 4.36. The predicted molar refractivity (Wildman–Crippen MR) is 64.1 cm³/mol. The fraction of sp³-hybridized carbons (Fsp3) is 0.500. The van der Waals surface area contributed by atoms with Crippen molar-refractivity contribution in [1.29, 1.82) is 0 Å². The van der Waals surface area contributed by atoms with Gasteiger partial charge in [0.15, 0.2) is 0 Å². The van der Waals surface area contributed by atoms with Crippen LogP contribution in [0.25, 0.3) is 0 Å². The summed E-state index contributed by atoms with van der Waals surface area (Å²) in [5.41, 5.74) is 4.15. The maximum atomic E-state index is 12.2. The largest absolute Gasteiger partial charge is 0.401 e.